The summed E-state index contributed by atoms with van der Waals surface area (Å²) in [6.45, 7) is -0.176. The molecule has 2 aromatic heterocycles. The Labute approximate surface area is 206 Å². The zero-order valence-corrected chi connectivity index (χ0v) is 20.3. The summed E-state index contributed by atoms with van der Waals surface area (Å²) in [5, 5.41) is 12.0. The fourth-order valence-corrected chi connectivity index (χ4v) is 4.79. The van der Waals surface area contributed by atoms with Crippen LogP contribution in [0.4, 0.5) is 5.95 Å². The molecule has 2 aromatic carbocycles. The molecule has 0 radical (unpaired) electrons. The van der Waals surface area contributed by atoms with Gasteiger partial charge in [0.05, 0.1) is 24.2 Å². The van der Waals surface area contributed by atoms with Crippen LogP contribution in [0.5, 0.6) is 0 Å². The van der Waals surface area contributed by atoms with Gasteiger partial charge in [0.25, 0.3) is 5.56 Å². The molecule has 12 heteroatoms. The molecule has 6 N–H and O–H groups in total. The highest BCUT2D eigenvalue weighted by Gasteiger charge is 2.39. The molecule has 1 unspecified atom stereocenters. The van der Waals surface area contributed by atoms with Crippen LogP contribution in [0.25, 0.3) is 11.2 Å². The number of rotatable bonds is 11. The second-order valence-corrected chi connectivity index (χ2v) is 10.5. The van der Waals surface area contributed by atoms with Crippen molar-refractivity contribution in [2.24, 2.45) is 0 Å². The molecule has 0 saturated carbocycles. The average Bonchev–Trinajstić information content (AvgIpc) is 3.22. The summed E-state index contributed by atoms with van der Waals surface area (Å²) in [7, 11) is -4.37. The summed E-state index contributed by atoms with van der Waals surface area (Å²) < 4.78 is 19.3. The second kappa shape index (κ2) is 10.7. The van der Waals surface area contributed by atoms with Crippen LogP contribution in [-0.2, 0) is 28.9 Å². The number of nitrogens with zero attached hydrogens (tertiary/aromatic N) is 3. The van der Waals surface area contributed by atoms with Gasteiger partial charge in [0.15, 0.2) is 11.2 Å². The van der Waals surface area contributed by atoms with Crippen molar-refractivity contribution in [1.82, 2.24) is 19.5 Å². The third kappa shape index (κ3) is 6.45. The van der Waals surface area contributed by atoms with E-state index in [2.05, 4.69) is 15.0 Å². The number of aliphatic hydroxyl groups is 1. The topological polar surface area (TPSA) is 177 Å². The van der Waals surface area contributed by atoms with Gasteiger partial charge in [-0.2, -0.15) is 4.98 Å². The van der Waals surface area contributed by atoms with Crippen LogP contribution in [0, 0.1) is 0 Å². The minimum absolute atomic E-state index is 0.0726. The maximum Gasteiger partial charge on any atom is 0.325 e. The number of ether oxygens (including phenoxy) is 1. The monoisotopic (exact) mass is 513 g/mol. The first-order chi connectivity index (χ1) is 17.1. The Kier molecular flexibility index (Phi) is 7.67. The lowest BCUT2D eigenvalue weighted by atomic mass is 9.82. The highest BCUT2D eigenvalue weighted by Crippen LogP contribution is 2.38. The number of nitrogen functional groups attached to an aromatic ring is 1. The molecule has 0 fully saturated rings. The molecule has 36 heavy (non-hydrogen) atoms. The Morgan fingerprint density at radius 3 is 2.19 bits per heavy atom. The van der Waals surface area contributed by atoms with Gasteiger partial charge in [-0.25, -0.2) is 4.98 Å². The number of fused-ring (bicyclic) bond motifs is 1. The molecular formula is C24H28N5O6P. The van der Waals surface area contributed by atoms with Crippen LogP contribution in [0.1, 0.15) is 17.5 Å². The zero-order chi connectivity index (χ0) is 25.8. The van der Waals surface area contributed by atoms with Crippen molar-refractivity contribution in [2.45, 2.75) is 37.7 Å². The van der Waals surface area contributed by atoms with Crippen LogP contribution < -0.4 is 11.3 Å². The zero-order valence-electron chi connectivity index (χ0n) is 19.4. The lowest BCUT2D eigenvalue weighted by Gasteiger charge is -2.37. The van der Waals surface area contributed by atoms with Gasteiger partial charge < -0.3 is 25.4 Å². The smallest absolute Gasteiger partial charge is 0.325 e. The van der Waals surface area contributed by atoms with Crippen LogP contribution in [0.3, 0.4) is 0 Å². The quantitative estimate of drug-likeness (QED) is 0.187. The van der Waals surface area contributed by atoms with E-state index in [1.807, 2.05) is 60.7 Å². The van der Waals surface area contributed by atoms with Crippen LogP contribution in [0.15, 0.2) is 71.8 Å². The maximum absolute atomic E-state index is 12.1. The molecule has 0 aliphatic carbocycles. The Balaban J connectivity index is 1.68. The SMILES string of the molecule is Nc1nc2c(ncn2COC(CCP(=O)(O)O)C(O)(Cc2ccccc2)Cc2ccccc2)c(=O)[nH]1. The number of H-pyrrole nitrogens is 1. The van der Waals surface area contributed by atoms with Gasteiger partial charge in [-0.05, 0) is 17.5 Å². The number of aromatic amines is 1. The van der Waals surface area contributed by atoms with E-state index in [4.69, 9.17) is 10.5 Å². The fraction of sp³-hybridized carbons (Fsp3) is 0.292. The molecular weight excluding hydrogens is 485 g/mol. The summed E-state index contributed by atoms with van der Waals surface area (Å²) in [5.41, 5.74) is 5.61. The van der Waals surface area contributed by atoms with Crippen LogP contribution >= 0.6 is 7.60 Å². The molecule has 190 valence electrons. The van der Waals surface area contributed by atoms with Crippen molar-refractivity contribution < 1.29 is 24.2 Å². The van der Waals surface area contributed by atoms with Gasteiger partial charge in [-0.15, -0.1) is 0 Å². The number of anilines is 1. The molecule has 0 bridgehead atoms. The van der Waals surface area contributed by atoms with E-state index in [0.29, 0.717) is 0 Å². The van der Waals surface area contributed by atoms with Crippen molar-refractivity contribution >= 4 is 24.7 Å². The summed E-state index contributed by atoms with van der Waals surface area (Å²) in [4.78, 5) is 41.8. The number of nitrogens with one attached hydrogen (secondary N) is 1. The molecule has 2 heterocycles. The van der Waals surface area contributed by atoms with Crippen molar-refractivity contribution in [3.05, 3.63) is 88.5 Å². The van der Waals surface area contributed by atoms with Crippen molar-refractivity contribution in [3.63, 3.8) is 0 Å². The van der Waals surface area contributed by atoms with Gasteiger partial charge in [0, 0.05) is 12.8 Å². The van der Waals surface area contributed by atoms with Gasteiger partial charge in [-0.1, -0.05) is 60.7 Å². The highest BCUT2D eigenvalue weighted by molar-refractivity contribution is 7.51. The van der Waals surface area contributed by atoms with E-state index in [-0.39, 0.29) is 43.1 Å². The number of hydrogen-bond donors (Lipinski definition) is 5. The summed E-state index contributed by atoms with van der Waals surface area (Å²) in [5.74, 6) is -0.0861. The van der Waals surface area contributed by atoms with E-state index in [9.17, 15) is 24.3 Å². The van der Waals surface area contributed by atoms with Crippen molar-refractivity contribution in [1.29, 1.82) is 0 Å². The molecule has 0 aliphatic rings. The third-order valence-electron chi connectivity index (χ3n) is 5.90. The molecule has 4 rings (SSSR count). The van der Waals surface area contributed by atoms with Gasteiger partial charge >= 0.3 is 7.60 Å². The van der Waals surface area contributed by atoms with Crippen molar-refractivity contribution in [3.8, 4) is 0 Å². The van der Waals surface area contributed by atoms with Gasteiger partial charge in [-0.3, -0.25) is 18.9 Å². The molecule has 0 saturated heterocycles. The summed E-state index contributed by atoms with van der Waals surface area (Å²) >= 11 is 0. The van der Waals surface area contributed by atoms with E-state index < -0.39 is 31.0 Å². The Bertz CT molecular complexity index is 1360. The predicted octanol–water partition coefficient (Wildman–Crippen LogP) is 1.83. The van der Waals surface area contributed by atoms with Gasteiger partial charge in [0.2, 0.25) is 5.95 Å². The lowest BCUT2D eigenvalue weighted by Crippen LogP contribution is -2.48. The number of hydrogen-bond acceptors (Lipinski definition) is 7. The molecule has 0 amide bonds. The third-order valence-corrected chi connectivity index (χ3v) is 6.74. The Hall–Kier alpha value is -3.34. The molecule has 11 nitrogen and oxygen atoms in total. The predicted molar refractivity (Wildman–Crippen MR) is 134 cm³/mol. The number of benzene rings is 2. The van der Waals surface area contributed by atoms with Crippen molar-refractivity contribution in [2.75, 3.05) is 11.9 Å². The molecule has 4 aromatic rings. The summed E-state index contributed by atoms with van der Waals surface area (Å²) in [6.07, 6.45) is 0.165. The molecule has 1 atom stereocenters. The minimum Gasteiger partial charge on any atom is -0.386 e. The lowest BCUT2D eigenvalue weighted by molar-refractivity contribution is -0.127. The standard InChI is InChI=1S/C24H28N5O6P/c25-23-27-21-20(22(30)28-23)26-15-29(21)16-35-19(11-12-36(32,33)34)24(31,13-17-7-3-1-4-8-17)14-18-9-5-2-6-10-18/h1-10,15,19,31H,11-14,16H2,(H2,32,33,34)(H3,25,27,28,30). The number of nitrogens with two attached hydrogens (primary N) is 1. The van der Waals surface area contributed by atoms with E-state index in [1.54, 1.807) is 0 Å². The van der Waals surface area contributed by atoms with Crippen LogP contribution in [0.2, 0.25) is 0 Å². The first-order valence-electron chi connectivity index (χ1n) is 11.3. The largest absolute Gasteiger partial charge is 0.386 e. The van der Waals surface area contributed by atoms with Crippen LogP contribution in [-0.4, -0.2) is 52.3 Å². The number of imidazole rings is 1. The Morgan fingerprint density at radius 2 is 1.64 bits per heavy atom. The first-order valence-corrected chi connectivity index (χ1v) is 13.1. The molecule has 0 spiro atoms. The Morgan fingerprint density at radius 1 is 1.06 bits per heavy atom. The highest BCUT2D eigenvalue weighted by atomic mass is 31.2. The number of aromatic nitrogens is 4. The average molecular weight is 513 g/mol. The minimum atomic E-state index is -4.37. The normalized spacial score (nSPS) is 13.2. The maximum atomic E-state index is 12.1. The van der Waals surface area contributed by atoms with E-state index in [1.165, 1.54) is 10.9 Å². The van der Waals surface area contributed by atoms with E-state index >= 15 is 0 Å². The fourth-order valence-electron chi connectivity index (χ4n) is 4.22. The second-order valence-electron chi connectivity index (χ2n) is 8.73. The molecule has 0 aliphatic heterocycles. The van der Waals surface area contributed by atoms with Gasteiger partial charge in [0.1, 0.15) is 6.73 Å². The first kappa shape index (κ1) is 25.7. The van der Waals surface area contributed by atoms with E-state index in [0.717, 1.165) is 11.1 Å². The summed E-state index contributed by atoms with van der Waals surface area (Å²) in [6, 6.07) is 18.7.